The largest absolute Gasteiger partial charge is 0.490 e. The molecule has 0 radical (unpaired) electrons. The lowest BCUT2D eigenvalue weighted by molar-refractivity contribution is -0.192. The van der Waals surface area contributed by atoms with Crippen molar-refractivity contribution in [2.24, 2.45) is 5.41 Å². The van der Waals surface area contributed by atoms with E-state index in [1.165, 1.54) is 0 Å². The average Bonchev–Trinajstić information content (AvgIpc) is 3.43. The van der Waals surface area contributed by atoms with E-state index in [4.69, 9.17) is 31.2 Å². The zero-order chi connectivity index (χ0) is 36.6. The van der Waals surface area contributed by atoms with Gasteiger partial charge in [0.25, 0.3) is 5.91 Å². The van der Waals surface area contributed by atoms with Gasteiger partial charge < -0.3 is 24.6 Å². The van der Waals surface area contributed by atoms with Crippen molar-refractivity contribution in [3.05, 3.63) is 94.5 Å². The van der Waals surface area contributed by atoms with Gasteiger partial charge >= 0.3 is 18.2 Å². The number of carbonyl (C=O) groups is 3. The fourth-order valence-electron chi connectivity index (χ4n) is 5.36. The second kappa shape index (κ2) is 16.4. The minimum Gasteiger partial charge on any atom is -0.475 e. The molecule has 3 N–H and O–H groups in total. The van der Waals surface area contributed by atoms with Gasteiger partial charge in [0.15, 0.2) is 0 Å². The molecule has 0 aliphatic carbocycles. The van der Waals surface area contributed by atoms with E-state index in [1.807, 2.05) is 48.5 Å². The normalized spacial score (nSPS) is 15.4. The molecule has 3 aromatic carbocycles. The number of rotatable bonds is 8. The fraction of sp³-hybridized carbons (Fsp3) is 0.389. The summed E-state index contributed by atoms with van der Waals surface area (Å²) in [6.45, 7) is 10.8. The van der Waals surface area contributed by atoms with Crippen LogP contribution in [0.4, 0.5) is 23.9 Å². The van der Waals surface area contributed by atoms with Gasteiger partial charge in [-0.15, -0.1) is 0 Å². The molecule has 268 valence electrons. The number of nitrogens with zero attached hydrogens (tertiary/aromatic N) is 3. The van der Waals surface area contributed by atoms with E-state index in [9.17, 15) is 22.8 Å². The highest BCUT2D eigenvalue weighted by Gasteiger charge is 2.38. The van der Waals surface area contributed by atoms with E-state index >= 15 is 0 Å². The van der Waals surface area contributed by atoms with E-state index in [1.54, 1.807) is 29.2 Å². The average molecular weight is 716 g/mol. The van der Waals surface area contributed by atoms with Gasteiger partial charge in [-0.2, -0.15) is 13.2 Å². The number of amides is 2. The number of carbonyl (C=O) groups excluding carboxylic acids is 2. The smallest absolute Gasteiger partial charge is 0.475 e. The van der Waals surface area contributed by atoms with Crippen LogP contribution in [-0.4, -0.2) is 62.8 Å². The number of carboxylic acid groups (broad SMARTS) is 1. The Bertz CT molecular complexity index is 1770. The highest BCUT2D eigenvalue weighted by atomic mass is 35.5. The summed E-state index contributed by atoms with van der Waals surface area (Å²) in [6, 6.07) is 22.6. The molecule has 1 unspecified atom stereocenters. The molecule has 2 amide bonds. The van der Waals surface area contributed by atoms with Crippen LogP contribution in [0.2, 0.25) is 5.02 Å². The van der Waals surface area contributed by atoms with Crippen molar-refractivity contribution in [1.29, 1.82) is 0 Å². The summed E-state index contributed by atoms with van der Waals surface area (Å²) >= 11 is 6.03. The SMILES string of the molecule is C[C@H](N(Cc1ccc2c(c1)nc(NC(=O)c1ccc(Cl)cc1)n2C1CCCNC1)C(=O)OCc1ccccc1)C(C)(C)C.O=C(O)C(F)(F)F. The van der Waals surface area contributed by atoms with E-state index in [-0.39, 0.29) is 36.1 Å². The molecule has 4 aromatic rings. The number of imidazole rings is 1. The maximum atomic E-state index is 13.4. The minimum absolute atomic E-state index is 0.0911. The molecule has 2 atom stereocenters. The van der Waals surface area contributed by atoms with Crippen LogP contribution in [-0.2, 0) is 22.7 Å². The monoisotopic (exact) mass is 715 g/mol. The first-order valence-corrected chi connectivity index (χ1v) is 16.5. The second-order valence-electron chi connectivity index (χ2n) is 13.1. The second-order valence-corrected chi connectivity index (χ2v) is 13.5. The number of anilines is 1. The van der Waals surface area contributed by atoms with Crippen molar-refractivity contribution in [3.8, 4) is 0 Å². The molecule has 1 aromatic heterocycles. The van der Waals surface area contributed by atoms with Crippen LogP contribution in [0, 0.1) is 5.41 Å². The van der Waals surface area contributed by atoms with Crippen LogP contribution in [0.3, 0.4) is 0 Å². The summed E-state index contributed by atoms with van der Waals surface area (Å²) in [6.07, 6.45) is -3.42. The Morgan fingerprint density at radius 3 is 2.30 bits per heavy atom. The molecule has 1 saturated heterocycles. The Kier molecular flexibility index (Phi) is 12.5. The van der Waals surface area contributed by atoms with E-state index in [2.05, 4.69) is 42.9 Å². The first kappa shape index (κ1) is 38.2. The molecule has 5 rings (SSSR count). The summed E-state index contributed by atoms with van der Waals surface area (Å²) in [4.78, 5) is 42.2. The standard InChI is InChI=1S/C34H40ClN5O3.C2HF3O2/c1-23(34(2,3)4)39(33(42)43-22-24-9-6-5-7-10-24)21-25-12-17-30-29(19-25)37-32(40(30)28-11-8-18-36-20-28)38-31(41)26-13-15-27(35)16-14-26;3-2(4,5)1(6)7/h5-7,9-10,12-17,19,23,28,36H,8,11,18,20-22H2,1-4H3,(H,37,38,41);(H,6,7)/t23-,28?;/m0./s1. The molecular formula is C36H41ClF3N5O5. The van der Waals surface area contributed by atoms with Crippen LogP contribution in [0.25, 0.3) is 11.0 Å². The number of alkyl halides is 3. The third-order valence-electron chi connectivity index (χ3n) is 8.48. The number of nitrogens with one attached hydrogen (secondary N) is 2. The molecule has 50 heavy (non-hydrogen) atoms. The highest BCUT2D eigenvalue weighted by molar-refractivity contribution is 6.30. The van der Waals surface area contributed by atoms with Crippen LogP contribution < -0.4 is 10.6 Å². The number of carboxylic acids is 1. The number of benzene rings is 3. The maximum Gasteiger partial charge on any atom is 0.490 e. The number of hydrogen-bond donors (Lipinski definition) is 3. The van der Waals surface area contributed by atoms with Crippen molar-refractivity contribution in [1.82, 2.24) is 19.8 Å². The molecule has 0 spiro atoms. The van der Waals surface area contributed by atoms with Crippen molar-refractivity contribution in [2.45, 2.75) is 71.9 Å². The van der Waals surface area contributed by atoms with Crippen molar-refractivity contribution >= 4 is 46.6 Å². The Hall–Kier alpha value is -4.62. The maximum absolute atomic E-state index is 13.4. The topological polar surface area (TPSA) is 126 Å². The number of fused-ring (bicyclic) bond motifs is 1. The Labute approximate surface area is 293 Å². The van der Waals surface area contributed by atoms with Gasteiger partial charge in [0.2, 0.25) is 5.95 Å². The lowest BCUT2D eigenvalue weighted by Crippen LogP contribution is -2.45. The summed E-state index contributed by atoms with van der Waals surface area (Å²) in [5, 5.41) is 14.2. The highest BCUT2D eigenvalue weighted by Crippen LogP contribution is 2.31. The molecule has 1 fully saturated rings. The summed E-state index contributed by atoms with van der Waals surface area (Å²) in [5.74, 6) is -2.50. The summed E-state index contributed by atoms with van der Waals surface area (Å²) in [7, 11) is 0. The van der Waals surface area contributed by atoms with Gasteiger partial charge in [0.05, 0.1) is 11.0 Å². The third-order valence-corrected chi connectivity index (χ3v) is 8.73. The number of aliphatic carboxylic acids is 1. The predicted molar refractivity (Wildman–Crippen MR) is 185 cm³/mol. The molecule has 1 aliphatic rings. The Morgan fingerprint density at radius 2 is 1.72 bits per heavy atom. The number of aromatic nitrogens is 2. The lowest BCUT2D eigenvalue weighted by atomic mass is 9.87. The van der Waals surface area contributed by atoms with Gasteiger partial charge in [-0.25, -0.2) is 14.6 Å². The summed E-state index contributed by atoms with van der Waals surface area (Å²) in [5.41, 5.74) is 3.91. The van der Waals surface area contributed by atoms with Crippen molar-refractivity contribution in [2.75, 3.05) is 18.4 Å². The molecule has 2 heterocycles. The number of piperidine rings is 1. The van der Waals surface area contributed by atoms with E-state index in [0.29, 0.717) is 23.1 Å². The zero-order valence-corrected chi connectivity index (χ0v) is 29.0. The van der Waals surface area contributed by atoms with Crippen LogP contribution in [0.1, 0.15) is 68.1 Å². The van der Waals surface area contributed by atoms with Gasteiger partial charge in [-0.3, -0.25) is 10.1 Å². The van der Waals surface area contributed by atoms with Crippen LogP contribution in [0.5, 0.6) is 0 Å². The Balaban J connectivity index is 0.000000727. The van der Waals surface area contributed by atoms with Gasteiger partial charge in [0, 0.05) is 35.8 Å². The predicted octanol–water partition coefficient (Wildman–Crippen LogP) is 8.07. The van der Waals surface area contributed by atoms with E-state index in [0.717, 1.165) is 48.1 Å². The molecule has 14 heteroatoms. The van der Waals surface area contributed by atoms with E-state index < -0.39 is 12.1 Å². The molecule has 1 aliphatic heterocycles. The summed E-state index contributed by atoms with van der Waals surface area (Å²) < 4.78 is 39.6. The zero-order valence-electron chi connectivity index (χ0n) is 28.3. The molecular weight excluding hydrogens is 675 g/mol. The number of hydrogen-bond acceptors (Lipinski definition) is 6. The molecule has 0 bridgehead atoms. The lowest BCUT2D eigenvalue weighted by Gasteiger charge is -2.37. The molecule has 10 nitrogen and oxygen atoms in total. The van der Waals surface area contributed by atoms with Crippen molar-refractivity contribution in [3.63, 3.8) is 0 Å². The van der Waals surface area contributed by atoms with Crippen LogP contribution >= 0.6 is 11.6 Å². The minimum atomic E-state index is -5.08. The Morgan fingerprint density at radius 1 is 1.06 bits per heavy atom. The quantitative estimate of drug-likeness (QED) is 0.168. The molecule has 0 saturated carbocycles. The van der Waals surface area contributed by atoms with Gasteiger partial charge in [-0.1, -0.05) is 68.8 Å². The number of halogens is 4. The first-order valence-electron chi connectivity index (χ1n) is 16.1. The first-order chi connectivity index (χ1) is 23.5. The number of ether oxygens (including phenoxy) is 1. The van der Waals surface area contributed by atoms with Gasteiger partial charge in [0.1, 0.15) is 6.61 Å². The van der Waals surface area contributed by atoms with Crippen LogP contribution in [0.15, 0.2) is 72.8 Å². The van der Waals surface area contributed by atoms with Crippen molar-refractivity contribution < 1.29 is 37.4 Å². The third kappa shape index (κ3) is 10.2. The van der Waals surface area contributed by atoms with Gasteiger partial charge in [-0.05, 0) is 79.3 Å². The fourth-order valence-corrected chi connectivity index (χ4v) is 5.48.